The lowest BCUT2D eigenvalue weighted by Crippen LogP contribution is -2.73. The maximum atomic E-state index is 13.3. The first kappa shape index (κ1) is 57.4. The van der Waals surface area contributed by atoms with E-state index in [0.29, 0.717) is 38.5 Å². The summed E-state index contributed by atoms with van der Waals surface area (Å²) in [5.74, 6) is -4.36. The van der Waals surface area contributed by atoms with Gasteiger partial charge in [-0.1, -0.05) is 65.3 Å². The highest BCUT2D eigenvalue weighted by molar-refractivity contribution is 5.88. The van der Waals surface area contributed by atoms with E-state index in [1.165, 1.54) is 6.92 Å². The van der Waals surface area contributed by atoms with E-state index in [1.54, 1.807) is 46.8 Å². The standard InChI is InChI=1S/C54H82O19/c1-13-25(3)45(65)70-39-27(5)67-48(38(62)40(39)71-46(66)26(4)14-2)73-42-43(68-28(6)57)54(24-56)30(21-49(42,7)8)29-15-16-32-50(9)19-18-34(69-47-37(61)35(59)36(60)41(72-47)44(63)64)51(10,23-55)31(50)17-20-52(32,11)53(29,12)22-33(54)58/h13-15,27,30-43,47-48,55-56,58-62H,16-24H2,1-12H3,(H,63,64). The normalized spacial score (nSPS) is 47.6. The van der Waals surface area contributed by atoms with E-state index < -0.39 is 155 Å². The van der Waals surface area contributed by atoms with E-state index in [1.807, 2.05) is 20.8 Å². The maximum Gasteiger partial charge on any atom is 0.335 e. The number of aliphatic carboxylic acids is 1. The molecule has 7 rings (SSSR count). The number of fused-ring (bicyclic) bond motifs is 7. The highest BCUT2D eigenvalue weighted by Crippen LogP contribution is 2.76. The predicted molar refractivity (Wildman–Crippen MR) is 258 cm³/mol. The molecule has 22 unspecified atom stereocenters. The first-order valence-electron chi connectivity index (χ1n) is 26.0. The quantitative estimate of drug-likeness (QED) is 0.0457. The van der Waals surface area contributed by atoms with Gasteiger partial charge in [0, 0.05) is 23.5 Å². The zero-order valence-corrected chi connectivity index (χ0v) is 44.5. The molecule has 7 aliphatic rings. The highest BCUT2D eigenvalue weighted by Gasteiger charge is 2.74. The fourth-order valence-electron chi connectivity index (χ4n) is 15.2. The van der Waals surface area contributed by atoms with Crippen molar-refractivity contribution in [2.45, 2.75) is 214 Å². The molecule has 0 bridgehead atoms. The molecule has 2 saturated heterocycles. The number of carbonyl (C=O) groups is 4. The van der Waals surface area contributed by atoms with Crippen LogP contribution in [0.3, 0.4) is 0 Å². The minimum atomic E-state index is -1.88. The fourth-order valence-corrected chi connectivity index (χ4v) is 15.2. The van der Waals surface area contributed by atoms with Gasteiger partial charge in [0.2, 0.25) is 0 Å². The van der Waals surface area contributed by atoms with Gasteiger partial charge in [0.25, 0.3) is 0 Å². The van der Waals surface area contributed by atoms with Gasteiger partial charge in [-0.2, -0.15) is 0 Å². The Morgan fingerprint density at radius 3 is 1.88 bits per heavy atom. The van der Waals surface area contributed by atoms with Crippen molar-refractivity contribution in [2.24, 2.45) is 50.2 Å². The lowest BCUT2D eigenvalue weighted by atomic mass is 9.33. The van der Waals surface area contributed by atoms with Crippen LogP contribution in [0.25, 0.3) is 0 Å². The van der Waals surface area contributed by atoms with Crippen LogP contribution in [0.15, 0.2) is 34.9 Å². The largest absolute Gasteiger partial charge is 0.479 e. The van der Waals surface area contributed by atoms with Crippen molar-refractivity contribution in [1.82, 2.24) is 0 Å². The van der Waals surface area contributed by atoms with Gasteiger partial charge in [-0.05, 0) is 119 Å². The molecule has 0 spiro atoms. The first-order chi connectivity index (χ1) is 34.0. The van der Waals surface area contributed by atoms with Crippen LogP contribution >= 0.6 is 0 Å². The predicted octanol–water partition coefficient (Wildman–Crippen LogP) is 3.40. The molecular formula is C54H82O19. The summed E-state index contributed by atoms with van der Waals surface area (Å²) in [6, 6.07) is 0. The first-order valence-corrected chi connectivity index (χ1v) is 26.0. The molecule has 4 saturated carbocycles. The lowest BCUT2D eigenvalue weighted by Gasteiger charge is -2.73. The fraction of sp³-hybridized carbons (Fsp3) is 0.815. The Balaban J connectivity index is 1.21. The van der Waals surface area contributed by atoms with Crippen LogP contribution in [0.1, 0.15) is 128 Å². The number of hydrogen-bond acceptors (Lipinski definition) is 18. The number of allylic oxidation sites excluding steroid dienone is 4. The summed E-state index contributed by atoms with van der Waals surface area (Å²) >= 11 is 0. The van der Waals surface area contributed by atoms with Crippen molar-refractivity contribution in [1.29, 1.82) is 0 Å². The number of ether oxygens (including phenoxy) is 7. The number of carbonyl (C=O) groups excluding carboxylic acids is 3. The van der Waals surface area contributed by atoms with Gasteiger partial charge in [0.1, 0.15) is 36.6 Å². The number of carboxylic acid groups (broad SMARTS) is 1. The second kappa shape index (κ2) is 20.6. The number of rotatable bonds is 12. The minimum absolute atomic E-state index is 0.00516. The summed E-state index contributed by atoms with van der Waals surface area (Å²) < 4.78 is 42.9. The van der Waals surface area contributed by atoms with Crippen molar-refractivity contribution in [3.05, 3.63) is 34.9 Å². The number of aliphatic hydroxyl groups excluding tert-OH is 7. The van der Waals surface area contributed by atoms with Crippen LogP contribution in [0.4, 0.5) is 0 Å². The molecule has 0 amide bonds. The van der Waals surface area contributed by atoms with Gasteiger partial charge in [0.15, 0.2) is 30.9 Å². The molecular weight excluding hydrogens is 953 g/mol. The van der Waals surface area contributed by atoms with Gasteiger partial charge in [-0.3, -0.25) is 4.79 Å². The average molecular weight is 1040 g/mol. The molecule has 22 atom stereocenters. The Bertz CT molecular complexity index is 2210. The molecule has 19 nitrogen and oxygen atoms in total. The summed E-state index contributed by atoms with van der Waals surface area (Å²) in [6.07, 6.45) is -11.5. The molecule has 0 radical (unpaired) electrons. The molecule has 6 fully saturated rings. The van der Waals surface area contributed by atoms with Crippen LogP contribution in [0.2, 0.25) is 0 Å². The molecule has 8 N–H and O–H groups in total. The van der Waals surface area contributed by atoms with E-state index in [4.69, 9.17) is 33.2 Å². The number of carboxylic acids is 1. The summed E-state index contributed by atoms with van der Waals surface area (Å²) in [5.41, 5.74) is -3.32. The van der Waals surface area contributed by atoms with Crippen molar-refractivity contribution in [2.75, 3.05) is 13.2 Å². The van der Waals surface area contributed by atoms with Crippen LogP contribution in [0.5, 0.6) is 0 Å². The monoisotopic (exact) mass is 1030 g/mol. The van der Waals surface area contributed by atoms with Crippen LogP contribution in [-0.2, 0) is 52.3 Å². The van der Waals surface area contributed by atoms with Gasteiger partial charge >= 0.3 is 23.9 Å². The molecule has 2 heterocycles. The second-order valence-corrected chi connectivity index (χ2v) is 24.1. The Kier molecular flexibility index (Phi) is 16.2. The molecule has 5 aliphatic carbocycles. The van der Waals surface area contributed by atoms with E-state index in [-0.39, 0.29) is 36.0 Å². The van der Waals surface area contributed by atoms with Crippen molar-refractivity contribution in [3.63, 3.8) is 0 Å². The third-order valence-electron chi connectivity index (χ3n) is 19.9. The molecule has 0 aromatic rings. The van der Waals surface area contributed by atoms with E-state index >= 15 is 0 Å². The SMILES string of the molecule is CC=C(C)C(=O)OC1C(C)OC(OC2C(OC(C)=O)C3(CO)C(O)CC4(C)C(=CCC5C6(C)CCC(OC7OC(C(=O)O)C(O)C(O)C7O)C(C)(CO)C6CCC54C)C3CC2(C)C)C(O)C1OC(=O)C(C)=CC. The third-order valence-corrected chi connectivity index (χ3v) is 19.9. The van der Waals surface area contributed by atoms with Crippen molar-refractivity contribution < 1.29 is 93.2 Å². The smallest absolute Gasteiger partial charge is 0.335 e. The molecule has 19 heteroatoms. The summed E-state index contributed by atoms with van der Waals surface area (Å²) in [4.78, 5) is 51.6. The number of aliphatic hydroxyl groups is 7. The topological polar surface area (TPSA) is 295 Å². The Morgan fingerprint density at radius 1 is 0.712 bits per heavy atom. The Morgan fingerprint density at radius 2 is 1.32 bits per heavy atom. The Labute approximate surface area is 428 Å². The molecule has 2 aliphatic heterocycles. The zero-order chi connectivity index (χ0) is 54.3. The summed E-state index contributed by atoms with van der Waals surface area (Å²) in [5, 5.41) is 89.7. The highest BCUT2D eigenvalue weighted by atomic mass is 16.7. The second-order valence-electron chi connectivity index (χ2n) is 24.1. The van der Waals surface area contributed by atoms with E-state index in [2.05, 4.69) is 26.8 Å². The molecule has 0 aromatic heterocycles. The van der Waals surface area contributed by atoms with Gasteiger partial charge in [-0.25, -0.2) is 14.4 Å². The van der Waals surface area contributed by atoms with Gasteiger partial charge in [-0.15, -0.1) is 0 Å². The minimum Gasteiger partial charge on any atom is -0.479 e. The number of esters is 3. The molecule has 412 valence electrons. The number of hydrogen-bond donors (Lipinski definition) is 8. The van der Waals surface area contributed by atoms with E-state index in [0.717, 1.165) is 5.57 Å². The average Bonchev–Trinajstić information content (AvgIpc) is 3.32. The lowest BCUT2D eigenvalue weighted by molar-refractivity contribution is -0.343. The van der Waals surface area contributed by atoms with Gasteiger partial charge < -0.3 is 74.0 Å². The van der Waals surface area contributed by atoms with Crippen LogP contribution < -0.4 is 0 Å². The van der Waals surface area contributed by atoms with Crippen LogP contribution in [-0.4, -0.2) is 164 Å². The third kappa shape index (κ3) is 9.14. The van der Waals surface area contributed by atoms with Crippen molar-refractivity contribution in [3.8, 4) is 0 Å². The zero-order valence-electron chi connectivity index (χ0n) is 44.5. The maximum absolute atomic E-state index is 13.3. The van der Waals surface area contributed by atoms with Crippen LogP contribution in [0, 0.1) is 50.2 Å². The molecule has 0 aromatic carbocycles. The summed E-state index contributed by atoms with van der Waals surface area (Å²) in [6.45, 7) is 20.8. The summed E-state index contributed by atoms with van der Waals surface area (Å²) in [7, 11) is 0. The van der Waals surface area contributed by atoms with Gasteiger partial charge in [0.05, 0.1) is 36.9 Å². The Hall–Kier alpha value is -3.34. The molecule has 73 heavy (non-hydrogen) atoms. The van der Waals surface area contributed by atoms with E-state index in [9.17, 15) is 60.0 Å². The van der Waals surface area contributed by atoms with Crippen molar-refractivity contribution >= 4 is 23.9 Å².